The molecule has 0 aromatic carbocycles. The Morgan fingerprint density at radius 1 is 1.56 bits per heavy atom. The Labute approximate surface area is 104 Å². The van der Waals surface area contributed by atoms with E-state index in [1.165, 1.54) is 12.8 Å². The van der Waals surface area contributed by atoms with Crippen molar-refractivity contribution in [1.29, 1.82) is 0 Å². The van der Waals surface area contributed by atoms with Gasteiger partial charge in [-0.2, -0.15) is 0 Å². The summed E-state index contributed by atoms with van der Waals surface area (Å²) in [5.41, 5.74) is 0. The molecule has 0 bridgehead atoms. The average Bonchev–Trinajstić information content (AvgIpc) is 2.99. The topological polar surface area (TPSA) is 58.0 Å². The number of aromatic nitrogens is 2. The summed E-state index contributed by atoms with van der Waals surface area (Å²) in [6, 6.07) is 1.87. The number of hydrogen-bond donors (Lipinski definition) is 2. The smallest absolute Gasteiger partial charge is 0.135 e. The van der Waals surface area contributed by atoms with Crippen LogP contribution in [0.3, 0.4) is 0 Å². The van der Waals surface area contributed by atoms with E-state index in [1.54, 1.807) is 6.92 Å². The van der Waals surface area contributed by atoms with Gasteiger partial charge in [-0.1, -0.05) is 0 Å². The molecule has 1 unspecified atom stereocenters. The second-order valence-electron chi connectivity index (χ2n) is 4.27. The zero-order valence-corrected chi connectivity index (χ0v) is 10.9. The highest BCUT2D eigenvalue weighted by atomic mass is 79.9. The molecule has 0 amide bonds. The van der Waals surface area contributed by atoms with Gasteiger partial charge in [0.1, 0.15) is 16.2 Å². The van der Waals surface area contributed by atoms with Gasteiger partial charge in [0.25, 0.3) is 0 Å². The van der Waals surface area contributed by atoms with Crippen LogP contribution in [0, 0.1) is 0 Å². The minimum Gasteiger partial charge on any atom is -0.393 e. The van der Waals surface area contributed by atoms with Gasteiger partial charge in [-0.15, -0.1) is 0 Å². The van der Waals surface area contributed by atoms with Crippen LogP contribution in [0.1, 0.15) is 37.9 Å². The quantitative estimate of drug-likeness (QED) is 0.815. The van der Waals surface area contributed by atoms with Crippen molar-refractivity contribution in [2.75, 3.05) is 11.9 Å². The van der Waals surface area contributed by atoms with Gasteiger partial charge in [0, 0.05) is 18.5 Å². The number of aliphatic hydroxyl groups is 1. The van der Waals surface area contributed by atoms with E-state index in [0.717, 1.165) is 29.2 Å². The molecule has 1 atom stereocenters. The van der Waals surface area contributed by atoms with Crippen molar-refractivity contribution >= 4 is 21.7 Å². The van der Waals surface area contributed by atoms with Crippen molar-refractivity contribution in [1.82, 2.24) is 9.97 Å². The minimum atomic E-state index is -0.277. The van der Waals surface area contributed by atoms with E-state index in [-0.39, 0.29) is 6.10 Å². The standard InChI is InChI=1S/C11H16BrN3O/c1-7(16)4-5-13-10-6-9(12)14-11(15-10)8-2-3-8/h6-8,16H,2-5H2,1H3,(H,13,14,15). The Morgan fingerprint density at radius 3 is 2.94 bits per heavy atom. The van der Waals surface area contributed by atoms with E-state index < -0.39 is 0 Å². The number of nitrogens with zero attached hydrogens (tertiary/aromatic N) is 2. The summed E-state index contributed by atoms with van der Waals surface area (Å²) < 4.78 is 0.823. The maximum absolute atomic E-state index is 9.16. The molecule has 0 radical (unpaired) electrons. The molecule has 4 nitrogen and oxygen atoms in total. The van der Waals surface area contributed by atoms with Gasteiger partial charge in [0.15, 0.2) is 0 Å². The summed E-state index contributed by atoms with van der Waals surface area (Å²) in [4.78, 5) is 8.81. The fourth-order valence-electron chi connectivity index (χ4n) is 1.46. The predicted octanol–water partition coefficient (Wildman–Crippen LogP) is 2.30. The van der Waals surface area contributed by atoms with E-state index in [9.17, 15) is 0 Å². The lowest BCUT2D eigenvalue weighted by molar-refractivity contribution is 0.188. The number of rotatable bonds is 5. The fourth-order valence-corrected chi connectivity index (χ4v) is 1.86. The average molecular weight is 286 g/mol. The largest absolute Gasteiger partial charge is 0.393 e. The molecule has 1 heterocycles. The number of anilines is 1. The number of halogens is 1. The van der Waals surface area contributed by atoms with Crippen LogP contribution in [0.4, 0.5) is 5.82 Å². The Morgan fingerprint density at radius 2 is 2.31 bits per heavy atom. The van der Waals surface area contributed by atoms with Crippen LogP contribution < -0.4 is 5.32 Å². The molecule has 1 fully saturated rings. The molecular weight excluding hydrogens is 270 g/mol. The Kier molecular flexibility index (Phi) is 3.76. The van der Waals surface area contributed by atoms with Crippen molar-refractivity contribution in [2.24, 2.45) is 0 Å². The first kappa shape index (κ1) is 11.8. The maximum Gasteiger partial charge on any atom is 0.135 e. The van der Waals surface area contributed by atoms with Crippen LogP contribution >= 0.6 is 15.9 Å². The summed E-state index contributed by atoms with van der Waals surface area (Å²) >= 11 is 3.39. The van der Waals surface area contributed by atoms with E-state index in [4.69, 9.17) is 5.11 Å². The predicted molar refractivity (Wildman–Crippen MR) is 66.5 cm³/mol. The zero-order valence-electron chi connectivity index (χ0n) is 9.28. The van der Waals surface area contributed by atoms with Crippen LogP contribution in [0.25, 0.3) is 0 Å². The van der Waals surface area contributed by atoms with Gasteiger partial charge < -0.3 is 10.4 Å². The number of aliphatic hydroxyl groups excluding tert-OH is 1. The maximum atomic E-state index is 9.16. The molecular formula is C11H16BrN3O. The second kappa shape index (κ2) is 5.10. The third kappa shape index (κ3) is 3.42. The van der Waals surface area contributed by atoms with Crippen molar-refractivity contribution < 1.29 is 5.11 Å². The van der Waals surface area contributed by atoms with Gasteiger partial charge in [-0.25, -0.2) is 9.97 Å². The van der Waals surface area contributed by atoms with Gasteiger partial charge in [-0.3, -0.25) is 0 Å². The highest BCUT2D eigenvalue weighted by molar-refractivity contribution is 9.10. The molecule has 2 rings (SSSR count). The fraction of sp³-hybridized carbons (Fsp3) is 0.636. The van der Waals surface area contributed by atoms with Crippen LogP contribution in [0.5, 0.6) is 0 Å². The Hall–Kier alpha value is -0.680. The molecule has 1 aromatic rings. The zero-order chi connectivity index (χ0) is 11.5. The summed E-state index contributed by atoms with van der Waals surface area (Å²) in [5, 5.41) is 12.4. The monoisotopic (exact) mass is 285 g/mol. The van der Waals surface area contributed by atoms with E-state index in [2.05, 4.69) is 31.2 Å². The summed E-state index contributed by atoms with van der Waals surface area (Å²) in [6.45, 7) is 2.51. The van der Waals surface area contributed by atoms with Crippen molar-refractivity contribution in [2.45, 2.75) is 38.2 Å². The lowest BCUT2D eigenvalue weighted by atomic mass is 10.3. The third-order valence-electron chi connectivity index (χ3n) is 2.52. The van der Waals surface area contributed by atoms with E-state index >= 15 is 0 Å². The molecule has 16 heavy (non-hydrogen) atoms. The molecule has 2 N–H and O–H groups in total. The van der Waals surface area contributed by atoms with Crippen LogP contribution in [0.15, 0.2) is 10.7 Å². The summed E-state index contributed by atoms with van der Waals surface area (Å²) in [7, 11) is 0. The van der Waals surface area contributed by atoms with Gasteiger partial charge in [0.2, 0.25) is 0 Å². The van der Waals surface area contributed by atoms with Gasteiger partial charge >= 0.3 is 0 Å². The van der Waals surface area contributed by atoms with Crippen LogP contribution in [-0.4, -0.2) is 27.7 Å². The molecule has 1 aliphatic rings. The molecule has 5 heteroatoms. The van der Waals surface area contributed by atoms with Crippen molar-refractivity contribution in [3.8, 4) is 0 Å². The Balaban J connectivity index is 1.97. The lowest BCUT2D eigenvalue weighted by Gasteiger charge is -2.08. The van der Waals surface area contributed by atoms with Crippen LogP contribution in [0.2, 0.25) is 0 Å². The van der Waals surface area contributed by atoms with Gasteiger partial charge in [-0.05, 0) is 42.1 Å². The molecule has 1 aliphatic carbocycles. The van der Waals surface area contributed by atoms with Crippen molar-refractivity contribution in [3.63, 3.8) is 0 Å². The normalized spacial score (nSPS) is 17.2. The highest BCUT2D eigenvalue weighted by Crippen LogP contribution is 2.38. The van der Waals surface area contributed by atoms with Gasteiger partial charge in [0.05, 0.1) is 6.10 Å². The first-order valence-corrected chi connectivity index (χ1v) is 6.41. The SMILES string of the molecule is CC(O)CCNc1cc(Br)nc(C2CC2)n1. The molecule has 0 spiro atoms. The Bertz CT molecular complexity index is 366. The minimum absolute atomic E-state index is 0.277. The van der Waals surface area contributed by atoms with E-state index in [1.807, 2.05) is 6.07 Å². The highest BCUT2D eigenvalue weighted by Gasteiger charge is 2.27. The first-order valence-electron chi connectivity index (χ1n) is 5.61. The second-order valence-corrected chi connectivity index (χ2v) is 5.09. The molecule has 0 saturated heterocycles. The lowest BCUT2D eigenvalue weighted by Crippen LogP contribution is -2.11. The third-order valence-corrected chi connectivity index (χ3v) is 2.93. The molecule has 1 saturated carbocycles. The molecule has 1 aromatic heterocycles. The van der Waals surface area contributed by atoms with E-state index in [0.29, 0.717) is 5.92 Å². The molecule has 88 valence electrons. The van der Waals surface area contributed by atoms with Crippen LogP contribution in [-0.2, 0) is 0 Å². The first-order chi connectivity index (χ1) is 7.65. The summed E-state index contributed by atoms with van der Waals surface area (Å²) in [6.07, 6.45) is 2.84. The van der Waals surface area contributed by atoms with Crippen molar-refractivity contribution in [3.05, 3.63) is 16.5 Å². The number of nitrogens with one attached hydrogen (secondary N) is 1. The molecule has 0 aliphatic heterocycles. The summed E-state index contributed by atoms with van der Waals surface area (Å²) in [5.74, 6) is 2.31. The number of hydrogen-bond acceptors (Lipinski definition) is 4.